The Morgan fingerprint density at radius 3 is 2.90 bits per heavy atom. The third-order valence-electron chi connectivity index (χ3n) is 1.99. The van der Waals surface area contributed by atoms with Crippen LogP contribution < -0.4 is 0 Å². The molecule has 1 heterocycles. The minimum Gasteiger partial charge on any atom is -0.249 e. The molecule has 0 N–H and O–H groups in total. The highest BCUT2D eigenvalue weighted by atomic mass is 32.2. The fourth-order valence-electron chi connectivity index (χ4n) is 1.37. The molecule has 1 fully saturated rings. The largest absolute Gasteiger partial charge is 0.249 e. The molecule has 0 aromatic heterocycles. The second-order valence-corrected chi connectivity index (χ2v) is 3.46. The molecule has 1 nitrogen and oxygen atoms in total. The van der Waals surface area contributed by atoms with Crippen LogP contribution in [0, 0.1) is 0 Å². The Balaban J connectivity index is 2.34. The van der Waals surface area contributed by atoms with Crippen molar-refractivity contribution in [3.05, 3.63) is 0 Å². The minimum atomic E-state index is -0.180. The van der Waals surface area contributed by atoms with Crippen molar-refractivity contribution in [1.29, 1.82) is 0 Å². The summed E-state index contributed by atoms with van der Waals surface area (Å²) in [4.78, 5) is 0. The van der Waals surface area contributed by atoms with E-state index in [2.05, 4.69) is 4.31 Å². The number of piperidine rings is 1. The third-order valence-corrected chi connectivity index (χ3v) is 2.94. The summed E-state index contributed by atoms with van der Waals surface area (Å²) in [5.41, 5.74) is 0. The average Bonchev–Trinajstić information content (AvgIpc) is 2.04. The Hall–Kier alpha value is 0.240. The van der Waals surface area contributed by atoms with Gasteiger partial charge in [0.1, 0.15) is 6.67 Å². The molecule has 1 atom stereocenters. The van der Waals surface area contributed by atoms with E-state index < -0.39 is 0 Å². The van der Waals surface area contributed by atoms with Crippen molar-refractivity contribution in [1.82, 2.24) is 4.31 Å². The number of hydrogen-bond donors (Lipinski definition) is 0. The zero-order valence-electron chi connectivity index (χ0n) is 6.35. The Morgan fingerprint density at radius 1 is 1.60 bits per heavy atom. The zero-order valence-corrected chi connectivity index (χ0v) is 7.16. The van der Waals surface area contributed by atoms with E-state index in [1.165, 1.54) is 12.8 Å². The summed E-state index contributed by atoms with van der Waals surface area (Å²) in [7, 11) is 0. The Bertz CT molecular complexity index is 87.6. The van der Waals surface area contributed by atoms with Crippen LogP contribution in [0.15, 0.2) is 0 Å². The molecule has 1 aliphatic rings. The second kappa shape index (κ2) is 4.19. The van der Waals surface area contributed by atoms with Gasteiger partial charge in [-0.1, -0.05) is 18.4 Å². The predicted molar refractivity (Wildman–Crippen MR) is 43.8 cm³/mol. The third kappa shape index (κ3) is 1.86. The molecular weight excluding hydrogens is 149 g/mol. The number of halogens is 1. The minimum absolute atomic E-state index is 0.180. The van der Waals surface area contributed by atoms with Gasteiger partial charge < -0.3 is 0 Å². The van der Waals surface area contributed by atoms with Gasteiger partial charge in [-0.15, -0.1) is 0 Å². The maximum atomic E-state index is 12.3. The highest BCUT2D eigenvalue weighted by Crippen LogP contribution is 2.22. The first-order valence-corrected chi connectivity index (χ1v) is 4.93. The van der Waals surface area contributed by atoms with E-state index in [1.54, 1.807) is 11.9 Å². The molecule has 0 spiro atoms. The topological polar surface area (TPSA) is 3.24 Å². The summed E-state index contributed by atoms with van der Waals surface area (Å²) in [5, 5.41) is 0. The van der Waals surface area contributed by atoms with E-state index in [9.17, 15) is 4.39 Å². The second-order valence-electron chi connectivity index (χ2n) is 2.63. The lowest BCUT2D eigenvalue weighted by Gasteiger charge is -2.31. The number of hydrogen-bond acceptors (Lipinski definition) is 2. The van der Waals surface area contributed by atoms with Gasteiger partial charge in [0, 0.05) is 12.6 Å². The first kappa shape index (κ1) is 8.34. The molecule has 3 heteroatoms. The summed E-state index contributed by atoms with van der Waals surface area (Å²) >= 11 is 1.67. The van der Waals surface area contributed by atoms with Crippen LogP contribution in [0.5, 0.6) is 0 Å². The Morgan fingerprint density at radius 2 is 2.40 bits per heavy atom. The van der Waals surface area contributed by atoms with Crippen molar-refractivity contribution in [3.8, 4) is 0 Å². The lowest BCUT2D eigenvalue weighted by Crippen LogP contribution is -2.35. The van der Waals surface area contributed by atoms with Crippen LogP contribution in [-0.2, 0) is 0 Å². The van der Waals surface area contributed by atoms with Gasteiger partial charge in [0.2, 0.25) is 0 Å². The number of alkyl halides is 1. The summed E-state index contributed by atoms with van der Waals surface area (Å²) in [6.07, 6.45) is 5.49. The van der Waals surface area contributed by atoms with Gasteiger partial charge in [-0.25, -0.2) is 8.70 Å². The molecule has 0 aromatic rings. The lowest BCUT2D eigenvalue weighted by atomic mass is 10.1. The summed E-state index contributed by atoms with van der Waals surface area (Å²) in [6.45, 7) is 0.886. The molecule has 1 aliphatic heterocycles. The van der Waals surface area contributed by atoms with Crippen LogP contribution in [0.4, 0.5) is 4.39 Å². The number of rotatable bonds is 2. The van der Waals surface area contributed by atoms with Crippen molar-refractivity contribution >= 4 is 11.9 Å². The van der Waals surface area contributed by atoms with Gasteiger partial charge in [0.05, 0.1) is 0 Å². The molecule has 1 saturated heterocycles. The SMILES string of the molecule is CSN1CCCCC1CF. The molecule has 10 heavy (non-hydrogen) atoms. The van der Waals surface area contributed by atoms with Gasteiger partial charge in [0.25, 0.3) is 0 Å². The van der Waals surface area contributed by atoms with Crippen LogP contribution in [0.3, 0.4) is 0 Å². The summed E-state index contributed by atoms with van der Waals surface area (Å²) in [6, 6.07) is 0.198. The van der Waals surface area contributed by atoms with Crippen molar-refractivity contribution in [2.24, 2.45) is 0 Å². The van der Waals surface area contributed by atoms with Crippen LogP contribution in [0.1, 0.15) is 19.3 Å². The highest BCUT2D eigenvalue weighted by Gasteiger charge is 2.20. The first-order valence-electron chi connectivity index (χ1n) is 3.75. The van der Waals surface area contributed by atoms with E-state index in [0.29, 0.717) is 0 Å². The van der Waals surface area contributed by atoms with Crippen LogP contribution >= 0.6 is 11.9 Å². The molecule has 0 aliphatic carbocycles. The van der Waals surface area contributed by atoms with E-state index in [4.69, 9.17) is 0 Å². The molecular formula is C7H14FNS. The molecule has 0 amide bonds. The van der Waals surface area contributed by atoms with Gasteiger partial charge in [0.15, 0.2) is 0 Å². The van der Waals surface area contributed by atoms with E-state index in [1.807, 2.05) is 6.26 Å². The average molecular weight is 163 g/mol. The van der Waals surface area contributed by atoms with Crippen LogP contribution in [-0.4, -0.2) is 29.8 Å². The maximum absolute atomic E-state index is 12.3. The van der Waals surface area contributed by atoms with Crippen molar-refractivity contribution in [2.45, 2.75) is 25.3 Å². The summed E-state index contributed by atoms with van der Waals surface area (Å²) < 4.78 is 14.4. The Kier molecular flexibility index (Phi) is 3.49. The van der Waals surface area contributed by atoms with Gasteiger partial charge in [-0.2, -0.15) is 0 Å². The Labute approximate surface area is 66.1 Å². The molecule has 0 bridgehead atoms. The molecule has 1 unspecified atom stereocenters. The van der Waals surface area contributed by atoms with Crippen LogP contribution in [0.2, 0.25) is 0 Å². The monoisotopic (exact) mass is 163 g/mol. The smallest absolute Gasteiger partial charge is 0.106 e. The van der Waals surface area contributed by atoms with Crippen molar-refractivity contribution < 1.29 is 4.39 Å². The molecule has 0 saturated carbocycles. The zero-order chi connectivity index (χ0) is 7.40. The normalized spacial score (nSPS) is 28.8. The molecule has 60 valence electrons. The van der Waals surface area contributed by atoms with E-state index >= 15 is 0 Å². The number of nitrogens with zero attached hydrogens (tertiary/aromatic N) is 1. The lowest BCUT2D eigenvalue weighted by molar-refractivity contribution is 0.227. The van der Waals surface area contributed by atoms with Crippen LogP contribution in [0.25, 0.3) is 0 Å². The van der Waals surface area contributed by atoms with Crippen molar-refractivity contribution in [3.63, 3.8) is 0 Å². The fourth-order valence-corrected chi connectivity index (χ4v) is 2.14. The standard InChI is InChI=1S/C7H14FNS/c1-10-9-5-3-2-4-7(9)6-8/h7H,2-6H2,1H3. The fraction of sp³-hybridized carbons (Fsp3) is 1.00. The molecule has 0 aromatic carbocycles. The van der Waals surface area contributed by atoms with E-state index in [-0.39, 0.29) is 12.7 Å². The molecule has 1 rings (SSSR count). The van der Waals surface area contributed by atoms with Gasteiger partial charge in [-0.05, 0) is 19.1 Å². The molecule has 0 radical (unpaired) electrons. The highest BCUT2D eigenvalue weighted by molar-refractivity contribution is 7.96. The quantitative estimate of drug-likeness (QED) is 0.573. The van der Waals surface area contributed by atoms with Gasteiger partial charge >= 0.3 is 0 Å². The predicted octanol–water partition coefficient (Wildman–Crippen LogP) is 2.09. The maximum Gasteiger partial charge on any atom is 0.106 e. The summed E-state index contributed by atoms with van der Waals surface area (Å²) in [5.74, 6) is 0. The van der Waals surface area contributed by atoms with E-state index in [0.717, 1.165) is 13.0 Å². The first-order chi connectivity index (χ1) is 4.88. The van der Waals surface area contributed by atoms with Crippen molar-refractivity contribution in [2.75, 3.05) is 19.5 Å². The van der Waals surface area contributed by atoms with Gasteiger partial charge in [-0.3, -0.25) is 0 Å².